The van der Waals surface area contributed by atoms with Crippen molar-refractivity contribution in [3.63, 3.8) is 0 Å². The summed E-state index contributed by atoms with van der Waals surface area (Å²) in [6, 6.07) is 10.8. The third kappa shape index (κ3) is 3.66. The van der Waals surface area contributed by atoms with Gasteiger partial charge in [0.15, 0.2) is 0 Å². The Morgan fingerprint density at radius 2 is 1.93 bits per heavy atom. The predicted octanol–water partition coefficient (Wildman–Crippen LogP) is 2.59. The molecule has 1 N–H and O–H groups in total. The van der Waals surface area contributed by atoms with Gasteiger partial charge in [0, 0.05) is 19.6 Å². The number of nitrogens with zero attached hydrogens (tertiary/aromatic N) is 1. The molecule has 0 saturated heterocycles. The van der Waals surface area contributed by atoms with Gasteiger partial charge in [0.1, 0.15) is 0 Å². The highest BCUT2D eigenvalue weighted by Crippen LogP contribution is 2.03. The molecule has 0 radical (unpaired) electrons. The van der Waals surface area contributed by atoms with E-state index >= 15 is 0 Å². The summed E-state index contributed by atoms with van der Waals surface area (Å²) in [4.78, 5) is 2.13. The molecule has 1 aromatic carbocycles. The summed E-state index contributed by atoms with van der Waals surface area (Å²) >= 11 is 0. The van der Waals surface area contributed by atoms with Gasteiger partial charge in [0.05, 0.1) is 5.82 Å². The van der Waals surface area contributed by atoms with Crippen molar-refractivity contribution in [3.8, 4) is 0 Å². The van der Waals surface area contributed by atoms with Crippen molar-refractivity contribution in [3.05, 3.63) is 48.3 Å². The van der Waals surface area contributed by atoms with Crippen molar-refractivity contribution in [2.75, 3.05) is 7.05 Å². The zero-order valence-corrected chi connectivity index (χ0v) is 9.83. The van der Waals surface area contributed by atoms with E-state index in [1.165, 1.54) is 5.56 Å². The molecule has 0 unspecified atom stereocenters. The highest BCUT2D eigenvalue weighted by Gasteiger charge is 2.04. The average Bonchev–Trinajstić information content (AvgIpc) is 2.26. The normalized spacial score (nSPS) is 10.1. The zero-order chi connectivity index (χ0) is 11.3. The minimum Gasteiger partial charge on any atom is -0.368 e. The molecule has 0 fully saturated rings. The first kappa shape index (κ1) is 11.6. The molecule has 0 aromatic heterocycles. The summed E-state index contributed by atoms with van der Waals surface area (Å²) in [6.07, 6.45) is 0. The van der Waals surface area contributed by atoms with E-state index in [2.05, 4.69) is 42.8 Å². The molecule has 0 heterocycles. The van der Waals surface area contributed by atoms with E-state index in [1.807, 2.05) is 25.2 Å². The van der Waals surface area contributed by atoms with Gasteiger partial charge in [-0.15, -0.1) is 0 Å². The monoisotopic (exact) mass is 204 g/mol. The van der Waals surface area contributed by atoms with Crippen LogP contribution in [0.3, 0.4) is 0 Å². The third-order valence-corrected chi connectivity index (χ3v) is 2.54. The van der Waals surface area contributed by atoms with Gasteiger partial charge in [-0.05, 0) is 19.4 Å². The van der Waals surface area contributed by atoms with Gasteiger partial charge in [-0.1, -0.05) is 36.9 Å². The lowest BCUT2D eigenvalue weighted by atomic mass is 10.2. The molecule has 0 spiro atoms. The van der Waals surface area contributed by atoms with Crippen LogP contribution in [0.2, 0.25) is 0 Å². The van der Waals surface area contributed by atoms with E-state index in [0.29, 0.717) is 6.04 Å². The molecule has 0 atom stereocenters. The van der Waals surface area contributed by atoms with Crippen molar-refractivity contribution >= 4 is 0 Å². The van der Waals surface area contributed by atoms with Crippen LogP contribution in [0.1, 0.15) is 19.4 Å². The van der Waals surface area contributed by atoms with E-state index in [-0.39, 0.29) is 0 Å². The summed E-state index contributed by atoms with van der Waals surface area (Å²) in [5.74, 6) is 0.967. The number of benzene rings is 1. The average molecular weight is 204 g/mol. The Labute approximate surface area is 92.6 Å². The molecule has 1 aromatic rings. The van der Waals surface area contributed by atoms with Crippen molar-refractivity contribution in [1.82, 2.24) is 10.2 Å². The fraction of sp³-hybridized carbons (Fsp3) is 0.385. The maximum atomic E-state index is 4.01. The number of rotatable bonds is 5. The summed E-state index contributed by atoms with van der Waals surface area (Å²) < 4.78 is 0. The Balaban J connectivity index is 2.41. The van der Waals surface area contributed by atoms with Crippen molar-refractivity contribution in [2.24, 2.45) is 0 Å². The maximum Gasteiger partial charge on any atom is 0.0941 e. The fourth-order valence-corrected chi connectivity index (χ4v) is 1.24. The second-order valence-corrected chi connectivity index (χ2v) is 3.99. The van der Waals surface area contributed by atoms with Crippen LogP contribution < -0.4 is 5.32 Å². The first-order chi connectivity index (χ1) is 7.11. The van der Waals surface area contributed by atoms with Crippen LogP contribution in [0, 0.1) is 0 Å². The molecule has 2 nitrogen and oxygen atoms in total. The number of hydrogen-bond acceptors (Lipinski definition) is 2. The van der Waals surface area contributed by atoms with Crippen LogP contribution in [-0.4, -0.2) is 18.0 Å². The van der Waals surface area contributed by atoms with Crippen LogP contribution in [0.5, 0.6) is 0 Å². The van der Waals surface area contributed by atoms with Crippen molar-refractivity contribution < 1.29 is 0 Å². The SMILES string of the molecule is C=C(NCc1ccccc1)N(C)C(C)C. The lowest BCUT2D eigenvalue weighted by Gasteiger charge is -2.26. The fourth-order valence-electron chi connectivity index (χ4n) is 1.24. The second kappa shape index (κ2) is 5.44. The summed E-state index contributed by atoms with van der Waals surface area (Å²) in [6.45, 7) is 9.13. The second-order valence-electron chi connectivity index (χ2n) is 3.99. The van der Waals surface area contributed by atoms with Gasteiger partial charge < -0.3 is 10.2 Å². The zero-order valence-electron chi connectivity index (χ0n) is 9.83. The number of nitrogens with one attached hydrogen (secondary N) is 1. The van der Waals surface area contributed by atoms with Gasteiger partial charge in [-0.2, -0.15) is 0 Å². The Morgan fingerprint density at radius 3 is 2.47 bits per heavy atom. The summed E-state index contributed by atoms with van der Waals surface area (Å²) in [7, 11) is 2.05. The van der Waals surface area contributed by atoms with Gasteiger partial charge in [-0.3, -0.25) is 0 Å². The summed E-state index contributed by atoms with van der Waals surface area (Å²) in [5, 5.41) is 3.31. The number of hydrogen-bond donors (Lipinski definition) is 1. The Hall–Kier alpha value is -1.44. The molecule has 82 valence electrons. The molecule has 15 heavy (non-hydrogen) atoms. The minimum atomic E-state index is 0.473. The van der Waals surface area contributed by atoms with Gasteiger partial charge >= 0.3 is 0 Å². The van der Waals surface area contributed by atoms with Crippen LogP contribution in [0.15, 0.2) is 42.7 Å². The van der Waals surface area contributed by atoms with Crippen molar-refractivity contribution in [1.29, 1.82) is 0 Å². The molecule has 0 aliphatic rings. The molecule has 0 saturated carbocycles. The molecule has 0 aliphatic carbocycles. The van der Waals surface area contributed by atoms with Crippen LogP contribution in [0.4, 0.5) is 0 Å². The molecule has 2 heteroatoms. The third-order valence-electron chi connectivity index (χ3n) is 2.54. The maximum absolute atomic E-state index is 4.01. The van der Waals surface area contributed by atoms with E-state index in [1.54, 1.807) is 0 Å². The summed E-state index contributed by atoms with van der Waals surface area (Å²) in [5.41, 5.74) is 1.27. The van der Waals surface area contributed by atoms with Gasteiger partial charge in [-0.25, -0.2) is 0 Å². The molecule has 0 bridgehead atoms. The highest BCUT2D eigenvalue weighted by atomic mass is 15.2. The van der Waals surface area contributed by atoms with Crippen LogP contribution >= 0.6 is 0 Å². The Morgan fingerprint density at radius 1 is 1.33 bits per heavy atom. The van der Waals surface area contributed by atoms with E-state index < -0.39 is 0 Å². The lowest BCUT2D eigenvalue weighted by molar-refractivity contribution is 0.320. The van der Waals surface area contributed by atoms with E-state index in [4.69, 9.17) is 0 Å². The standard InChI is InChI=1S/C13H20N2/c1-11(2)15(4)12(3)14-10-13-8-6-5-7-9-13/h5-9,11,14H,3,10H2,1-2,4H3. The predicted molar refractivity (Wildman–Crippen MR) is 65.3 cm³/mol. The quantitative estimate of drug-likeness (QED) is 0.793. The topological polar surface area (TPSA) is 15.3 Å². The first-order valence-corrected chi connectivity index (χ1v) is 5.31. The largest absolute Gasteiger partial charge is 0.368 e. The lowest BCUT2D eigenvalue weighted by Crippen LogP contribution is -2.32. The van der Waals surface area contributed by atoms with Gasteiger partial charge in [0.2, 0.25) is 0 Å². The first-order valence-electron chi connectivity index (χ1n) is 5.31. The van der Waals surface area contributed by atoms with Crippen molar-refractivity contribution in [2.45, 2.75) is 26.4 Å². The molecule has 0 amide bonds. The van der Waals surface area contributed by atoms with Gasteiger partial charge in [0.25, 0.3) is 0 Å². The molecular formula is C13H20N2. The van der Waals surface area contributed by atoms with E-state index in [9.17, 15) is 0 Å². The molecule has 0 aliphatic heterocycles. The molecular weight excluding hydrogens is 184 g/mol. The van der Waals surface area contributed by atoms with Crippen LogP contribution in [-0.2, 0) is 6.54 Å². The smallest absolute Gasteiger partial charge is 0.0941 e. The Kier molecular flexibility index (Phi) is 4.22. The van der Waals surface area contributed by atoms with E-state index in [0.717, 1.165) is 12.4 Å². The minimum absolute atomic E-state index is 0.473. The Bertz CT molecular complexity index is 304. The van der Waals surface area contributed by atoms with Crippen LogP contribution in [0.25, 0.3) is 0 Å². The molecule has 1 rings (SSSR count). The highest BCUT2D eigenvalue weighted by molar-refractivity contribution is 5.15.